The Labute approximate surface area is 91.3 Å². The van der Waals surface area contributed by atoms with Crippen LogP contribution in [0.1, 0.15) is 24.1 Å². The van der Waals surface area contributed by atoms with E-state index in [0.29, 0.717) is 11.3 Å². The van der Waals surface area contributed by atoms with Crippen molar-refractivity contribution in [1.29, 1.82) is 0 Å². The van der Waals surface area contributed by atoms with Crippen LogP contribution in [0.2, 0.25) is 0 Å². The van der Waals surface area contributed by atoms with E-state index in [-0.39, 0.29) is 0 Å². The monoisotopic (exact) mass is 209 g/mol. The lowest BCUT2D eigenvalue weighted by Crippen LogP contribution is -2.24. The van der Waals surface area contributed by atoms with Crippen LogP contribution in [0.5, 0.6) is 0 Å². The van der Waals surface area contributed by atoms with Crippen molar-refractivity contribution in [2.45, 2.75) is 25.1 Å². The summed E-state index contributed by atoms with van der Waals surface area (Å²) in [5.41, 5.74) is 2.69. The molecule has 1 N–H and O–H groups in total. The van der Waals surface area contributed by atoms with Gasteiger partial charge in [0.15, 0.2) is 0 Å². The Bertz CT molecular complexity index is 268. The molecule has 1 aromatic carbocycles. The summed E-state index contributed by atoms with van der Waals surface area (Å²) in [7, 11) is 2.03. The minimum Gasteiger partial charge on any atom is -0.312 e. The summed E-state index contributed by atoms with van der Waals surface area (Å²) in [6, 6.07) is 9.22. The van der Waals surface area contributed by atoms with Gasteiger partial charge in [0.05, 0.1) is 0 Å². The average Bonchev–Trinajstić information content (AvgIpc) is 2.21. The molecule has 1 rings (SSSR count). The van der Waals surface area contributed by atoms with E-state index in [1.54, 1.807) is 0 Å². The molecular formula is C12H19NS. The molecule has 0 spiro atoms. The lowest BCUT2D eigenvalue weighted by Gasteiger charge is -2.22. The Kier molecular flexibility index (Phi) is 4.49. The molecule has 0 aliphatic rings. The molecule has 0 amide bonds. The Morgan fingerprint density at radius 3 is 2.21 bits per heavy atom. The molecule has 2 unspecified atom stereocenters. The second kappa shape index (κ2) is 5.42. The maximum absolute atomic E-state index is 3.37. The molecular weight excluding hydrogens is 190 g/mol. The lowest BCUT2D eigenvalue weighted by molar-refractivity contribution is 0.590. The van der Waals surface area contributed by atoms with Crippen LogP contribution >= 0.6 is 11.8 Å². The van der Waals surface area contributed by atoms with Crippen molar-refractivity contribution >= 4 is 11.8 Å². The van der Waals surface area contributed by atoms with Gasteiger partial charge in [-0.05, 0) is 25.8 Å². The lowest BCUT2D eigenvalue weighted by atomic mass is 10.0. The number of thioether (sulfide) groups is 1. The molecule has 0 aliphatic carbocycles. The van der Waals surface area contributed by atoms with E-state index in [9.17, 15) is 0 Å². The summed E-state index contributed by atoms with van der Waals surface area (Å²) < 4.78 is 0. The Morgan fingerprint density at radius 1 is 1.21 bits per heavy atom. The molecule has 1 aromatic rings. The predicted octanol–water partition coefficient (Wildman–Crippen LogP) is 3.01. The quantitative estimate of drug-likeness (QED) is 0.818. The average molecular weight is 209 g/mol. The second-order valence-electron chi connectivity index (χ2n) is 3.62. The van der Waals surface area contributed by atoms with E-state index in [0.717, 1.165) is 0 Å². The molecule has 1 nitrogen and oxygen atoms in total. The Balaban J connectivity index is 2.84. The van der Waals surface area contributed by atoms with Gasteiger partial charge in [-0.1, -0.05) is 36.8 Å². The molecule has 0 aliphatic heterocycles. The molecule has 0 bridgehead atoms. The van der Waals surface area contributed by atoms with Crippen molar-refractivity contribution < 1.29 is 0 Å². The standard InChI is InChI=1S/C12H19NS/c1-9-5-7-11(8-6-9)12(13-3)10(2)14-4/h5-8,10,12-13H,1-4H3. The van der Waals surface area contributed by atoms with E-state index < -0.39 is 0 Å². The third kappa shape index (κ3) is 2.76. The van der Waals surface area contributed by atoms with E-state index in [2.05, 4.69) is 49.7 Å². The summed E-state index contributed by atoms with van der Waals surface area (Å²) in [5.74, 6) is 0. The molecule has 14 heavy (non-hydrogen) atoms. The maximum atomic E-state index is 3.37. The fourth-order valence-corrected chi connectivity index (χ4v) is 2.15. The van der Waals surface area contributed by atoms with Crippen LogP contribution in [0.3, 0.4) is 0 Å². The topological polar surface area (TPSA) is 12.0 Å². The van der Waals surface area contributed by atoms with Gasteiger partial charge >= 0.3 is 0 Å². The van der Waals surface area contributed by atoms with Crippen LogP contribution in [0.25, 0.3) is 0 Å². The summed E-state index contributed by atoms with van der Waals surface area (Å²) in [6.45, 7) is 4.38. The third-order valence-corrected chi connectivity index (χ3v) is 3.60. The van der Waals surface area contributed by atoms with Gasteiger partial charge in [0.2, 0.25) is 0 Å². The fraction of sp³-hybridized carbons (Fsp3) is 0.500. The van der Waals surface area contributed by atoms with Crippen LogP contribution in [-0.2, 0) is 0 Å². The first-order chi connectivity index (χ1) is 6.69. The van der Waals surface area contributed by atoms with E-state index >= 15 is 0 Å². The summed E-state index contributed by atoms with van der Waals surface area (Å²) in [4.78, 5) is 0. The van der Waals surface area contributed by atoms with Gasteiger partial charge in [0, 0.05) is 11.3 Å². The normalized spacial score (nSPS) is 15.1. The number of aryl methyl sites for hydroxylation is 1. The Morgan fingerprint density at radius 2 is 1.79 bits per heavy atom. The van der Waals surface area contributed by atoms with Crippen LogP contribution < -0.4 is 5.32 Å². The summed E-state index contributed by atoms with van der Waals surface area (Å²) in [5, 5.41) is 3.97. The number of benzene rings is 1. The SMILES string of the molecule is CNC(c1ccc(C)cc1)C(C)SC. The molecule has 0 aromatic heterocycles. The van der Waals surface area contributed by atoms with Gasteiger partial charge in [-0.2, -0.15) is 11.8 Å². The first-order valence-electron chi connectivity index (χ1n) is 4.95. The van der Waals surface area contributed by atoms with Crippen molar-refractivity contribution in [2.24, 2.45) is 0 Å². The largest absolute Gasteiger partial charge is 0.312 e. The van der Waals surface area contributed by atoms with Crippen molar-refractivity contribution in [3.05, 3.63) is 35.4 Å². The Hall–Kier alpha value is -0.470. The third-order valence-electron chi connectivity index (χ3n) is 2.59. The highest BCUT2D eigenvalue weighted by Gasteiger charge is 2.15. The molecule has 2 heteroatoms. The number of hydrogen-bond donors (Lipinski definition) is 1. The first kappa shape index (κ1) is 11.6. The first-order valence-corrected chi connectivity index (χ1v) is 6.24. The molecule has 0 saturated heterocycles. The van der Waals surface area contributed by atoms with Gasteiger partial charge in [0.1, 0.15) is 0 Å². The van der Waals surface area contributed by atoms with Crippen LogP contribution in [0, 0.1) is 6.92 Å². The molecule has 0 saturated carbocycles. The van der Waals surface area contributed by atoms with Crippen LogP contribution in [-0.4, -0.2) is 18.6 Å². The van der Waals surface area contributed by atoms with Crippen molar-refractivity contribution in [2.75, 3.05) is 13.3 Å². The molecule has 2 atom stereocenters. The number of rotatable bonds is 4. The molecule has 0 radical (unpaired) electrons. The smallest absolute Gasteiger partial charge is 0.0435 e. The minimum absolute atomic E-state index is 0.450. The molecule has 0 heterocycles. The van der Waals surface area contributed by atoms with Crippen LogP contribution in [0.4, 0.5) is 0 Å². The van der Waals surface area contributed by atoms with Gasteiger partial charge in [0.25, 0.3) is 0 Å². The number of hydrogen-bond acceptors (Lipinski definition) is 2. The highest BCUT2D eigenvalue weighted by atomic mass is 32.2. The highest BCUT2D eigenvalue weighted by molar-refractivity contribution is 7.99. The minimum atomic E-state index is 0.450. The maximum Gasteiger partial charge on any atom is 0.0435 e. The second-order valence-corrected chi connectivity index (χ2v) is 4.83. The number of nitrogens with one attached hydrogen (secondary N) is 1. The summed E-state index contributed by atoms with van der Waals surface area (Å²) in [6.07, 6.45) is 2.16. The van der Waals surface area contributed by atoms with E-state index in [1.807, 2.05) is 18.8 Å². The predicted molar refractivity (Wildman–Crippen MR) is 66.0 cm³/mol. The molecule has 78 valence electrons. The summed E-state index contributed by atoms with van der Waals surface area (Å²) >= 11 is 1.89. The van der Waals surface area contributed by atoms with Crippen molar-refractivity contribution in [1.82, 2.24) is 5.32 Å². The van der Waals surface area contributed by atoms with Crippen molar-refractivity contribution in [3.8, 4) is 0 Å². The van der Waals surface area contributed by atoms with Gasteiger partial charge in [-0.25, -0.2) is 0 Å². The van der Waals surface area contributed by atoms with Gasteiger partial charge in [-0.15, -0.1) is 0 Å². The fourth-order valence-electron chi connectivity index (χ4n) is 1.58. The zero-order valence-electron chi connectivity index (χ0n) is 9.37. The van der Waals surface area contributed by atoms with Gasteiger partial charge in [-0.3, -0.25) is 0 Å². The van der Waals surface area contributed by atoms with E-state index in [4.69, 9.17) is 0 Å². The highest BCUT2D eigenvalue weighted by Crippen LogP contribution is 2.24. The zero-order chi connectivity index (χ0) is 10.6. The van der Waals surface area contributed by atoms with Crippen LogP contribution in [0.15, 0.2) is 24.3 Å². The zero-order valence-corrected chi connectivity index (χ0v) is 10.2. The van der Waals surface area contributed by atoms with Crippen molar-refractivity contribution in [3.63, 3.8) is 0 Å². The van der Waals surface area contributed by atoms with Gasteiger partial charge < -0.3 is 5.32 Å². The van der Waals surface area contributed by atoms with E-state index in [1.165, 1.54) is 11.1 Å². The molecule has 0 fully saturated rings.